The van der Waals surface area contributed by atoms with Gasteiger partial charge in [0.05, 0.1) is 0 Å². The van der Waals surface area contributed by atoms with Crippen molar-refractivity contribution >= 4 is 27.7 Å². The summed E-state index contributed by atoms with van der Waals surface area (Å²) in [4.78, 5) is 22.9. The first-order valence-electron chi connectivity index (χ1n) is 4.96. The number of hydrogen-bond acceptors (Lipinski definition) is 2. The van der Waals surface area contributed by atoms with Gasteiger partial charge >= 0.3 is 5.97 Å². The molecule has 0 spiro atoms. The van der Waals surface area contributed by atoms with Crippen molar-refractivity contribution in [3.05, 3.63) is 34.3 Å². The van der Waals surface area contributed by atoms with Crippen LogP contribution in [0.25, 0.3) is 0 Å². The zero-order chi connectivity index (χ0) is 12.3. The number of hydrogen-bond donors (Lipinski definition) is 1. The fourth-order valence-electron chi connectivity index (χ4n) is 1.49. The Labute approximate surface area is 103 Å². The number of carboxylic acid groups (broad SMARTS) is 1. The van der Waals surface area contributed by atoms with E-state index in [1.807, 2.05) is 0 Å². The number of Topliss-reactive ketones (excluding diaryl/α,β-unsaturated/α-hetero) is 1. The summed E-state index contributed by atoms with van der Waals surface area (Å²) in [5, 5.41) is 9.00. The number of aliphatic carboxylic acids is 1. The Hall–Kier alpha value is -1.16. The number of carbonyl (C=O) groups is 2. The quantitative estimate of drug-likeness (QED) is 0.683. The molecule has 16 heavy (non-hydrogen) atoms. The Morgan fingerprint density at radius 2 is 1.69 bits per heavy atom. The summed E-state index contributed by atoms with van der Waals surface area (Å²) in [5.74, 6) is -2.59. The maximum atomic E-state index is 11.9. The Morgan fingerprint density at radius 1 is 1.19 bits per heavy atom. The molecule has 0 amide bonds. The number of carboxylic acids is 1. The van der Waals surface area contributed by atoms with E-state index in [0.29, 0.717) is 5.56 Å². The minimum atomic E-state index is -1.07. The molecule has 3 nitrogen and oxygen atoms in total. The Kier molecular flexibility index (Phi) is 4.24. The van der Waals surface area contributed by atoms with Gasteiger partial charge in [-0.2, -0.15) is 0 Å². The van der Waals surface area contributed by atoms with E-state index in [4.69, 9.17) is 5.11 Å². The van der Waals surface area contributed by atoms with Gasteiger partial charge in [-0.25, -0.2) is 0 Å². The molecule has 1 unspecified atom stereocenters. The van der Waals surface area contributed by atoms with E-state index in [1.165, 1.54) is 0 Å². The van der Waals surface area contributed by atoms with Crippen LogP contribution in [-0.2, 0) is 4.79 Å². The predicted octanol–water partition coefficient (Wildman–Crippen LogP) is 2.99. The second-order valence-corrected chi connectivity index (χ2v) is 4.85. The van der Waals surface area contributed by atoms with Crippen molar-refractivity contribution in [3.8, 4) is 0 Å². The van der Waals surface area contributed by atoms with Crippen LogP contribution >= 0.6 is 15.9 Å². The lowest BCUT2D eigenvalue weighted by molar-refractivity contribution is -0.141. The van der Waals surface area contributed by atoms with Gasteiger partial charge in [0, 0.05) is 10.0 Å². The first kappa shape index (κ1) is 12.9. The molecular formula is C12H13BrO3. The van der Waals surface area contributed by atoms with E-state index in [0.717, 1.165) is 4.47 Å². The van der Waals surface area contributed by atoms with Gasteiger partial charge in [-0.3, -0.25) is 9.59 Å². The van der Waals surface area contributed by atoms with Crippen LogP contribution in [0.4, 0.5) is 0 Å². The van der Waals surface area contributed by atoms with E-state index in [-0.39, 0.29) is 11.7 Å². The van der Waals surface area contributed by atoms with Crippen molar-refractivity contribution in [2.45, 2.75) is 13.8 Å². The Bertz CT molecular complexity index is 395. The highest BCUT2D eigenvalue weighted by Gasteiger charge is 2.30. The van der Waals surface area contributed by atoms with Crippen LogP contribution in [0.3, 0.4) is 0 Å². The summed E-state index contributed by atoms with van der Waals surface area (Å²) >= 11 is 3.26. The largest absolute Gasteiger partial charge is 0.481 e. The lowest BCUT2D eigenvalue weighted by Gasteiger charge is -2.14. The topological polar surface area (TPSA) is 54.4 Å². The molecule has 1 aromatic rings. The lowest BCUT2D eigenvalue weighted by atomic mass is 9.88. The average molecular weight is 285 g/mol. The maximum absolute atomic E-state index is 11.9. The summed E-state index contributed by atoms with van der Waals surface area (Å²) in [6.07, 6.45) is 0. The second-order valence-electron chi connectivity index (χ2n) is 3.93. The fourth-order valence-corrected chi connectivity index (χ4v) is 1.76. The molecule has 4 heteroatoms. The normalized spacial score (nSPS) is 12.5. The van der Waals surface area contributed by atoms with Crippen LogP contribution in [0.1, 0.15) is 24.2 Å². The van der Waals surface area contributed by atoms with E-state index in [2.05, 4.69) is 15.9 Å². The van der Waals surface area contributed by atoms with E-state index in [9.17, 15) is 9.59 Å². The van der Waals surface area contributed by atoms with Crippen molar-refractivity contribution in [1.82, 2.24) is 0 Å². The zero-order valence-corrected chi connectivity index (χ0v) is 10.7. The van der Waals surface area contributed by atoms with Gasteiger partial charge in [0.15, 0.2) is 5.78 Å². The summed E-state index contributed by atoms with van der Waals surface area (Å²) in [6, 6.07) is 6.72. The molecule has 0 aromatic heterocycles. The molecule has 0 aliphatic rings. The Morgan fingerprint density at radius 3 is 2.06 bits per heavy atom. The molecule has 0 bridgehead atoms. The van der Waals surface area contributed by atoms with Crippen molar-refractivity contribution in [2.24, 2.45) is 11.8 Å². The molecule has 86 valence electrons. The fraction of sp³-hybridized carbons (Fsp3) is 0.333. The molecule has 0 radical (unpaired) electrons. The highest BCUT2D eigenvalue weighted by Crippen LogP contribution is 2.19. The molecule has 0 fully saturated rings. The molecule has 0 saturated heterocycles. The van der Waals surface area contributed by atoms with Crippen LogP contribution in [0, 0.1) is 11.8 Å². The first-order valence-corrected chi connectivity index (χ1v) is 5.75. The molecule has 0 aliphatic heterocycles. The van der Waals surface area contributed by atoms with Crippen LogP contribution in [0.2, 0.25) is 0 Å². The highest BCUT2D eigenvalue weighted by atomic mass is 79.9. The summed E-state index contributed by atoms with van der Waals surface area (Å²) in [7, 11) is 0. The van der Waals surface area contributed by atoms with Gasteiger partial charge in [-0.05, 0) is 18.1 Å². The zero-order valence-electron chi connectivity index (χ0n) is 9.11. The molecule has 1 N–H and O–H groups in total. The summed E-state index contributed by atoms with van der Waals surface area (Å²) in [5.41, 5.74) is 0.435. The van der Waals surface area contributed by atoms with Crippen molar-refractivity contribution in [3.63, 3.8) is 0 Å². The third-order valence-corrected chi connectivity index (χ3v) is 2.87. The summed E-state index contributed by atoms with van der Waals surface area (Å²) in [6.45, 7) is 3.46. The molecule has 0 aliphatic carbocycles. The molecule has 1 aromatic carbocycles. The number of halogens is 1. The maximum Gasteiger partial charge on any atom is 0.314 e. The van der Waals surface area contributed by atoms with Gasteiger partial charge in [0.25, 0.3) is 0 Å². The van der Waals surface area contributed by atoms with E-state index in [1.54, 1.807) is 38.1 Å². The van der Waals surface area contributed by atoms with Gasteiger partial charge in [0.2, 0.25) is 0 Å². The SMILES string of the molecule is CC(C)C(C(=O)O)C(=O)c1ccc(Br)cc1. The number of ketones is 1. The van der Waals surface area contributed by atoms with Crippen molar-refractivity contribution in [1.29, 1.82) is 0 Å². The molecule has 1 rings (SSSR count). The highest BCUT2D eigenvalue weighted by molar-refractivity contribution is 9.10. The van der Waals surface area contributed by atoms with Gasteiger partial charge in [-0.1, -0.05) is 41.9 Å². The predicted molar refractivity (Wildman–Crippen MR) is 64.4 cm³/mol. The van der Waals surface area contributed by atoms with Crippen LogP contribution in [-0.4, -0.2) is 16.9 Å². The minimum absolute atomic E-state index is 0.214. The van der Waals surface area contributed by atoms with E-state index >= 15 is 0 Å². The third kappa shape index (κ3) is 2.92. The van der Waals surface area contributed by atoms with Crippen LogP contribution < -0.4 is 0 Å². The minimum Gasteiger partial charge on any atom is -0.481 e. The molecule has 0 heterocycles. The standard InChI is InChI=1S/C12H13BrO3/c1-7(2)10(12(15)16)11(14)8-3-5-9(13)6-4-8/h3-7,10H,1-2H3,(H,15,16). The number of benzene rings is 1. The monoisotopic (exact) mass is 284 g/mol. The molecule has 0 saturated carbocycles. The number of rotatable bonds is 4. The van der Waals surface area contributed by atoms with Gasteiger partial charge in [0.1, 0.15) is 5.92 Å². The second kappa shape index (κ2) is 5.25. The summed E-state index contributed by atoms with van der Waals surface area (Å²) < 4.78 is 0.862. The van der Waals surface area contributed by atoms with Gasteiger partial charge in [-0.15, -0.1) is 0 Å². The molecule has 1 atom stereocenters. The smallest absolute Gasteiger partial charge is 0.314 e. The van der Waals surface area contributed by atoms with Crippen LogP contribution in [0.15, 0.2) is 28.7 Å². The van der Waals surface area contributed by atoms with Crippen molar-refractivity contribution in [2.75, 3.05) is 0 Å². The van der Waals surface area contributed by atoms with Gasteiger partial charge < -0.3 is 5.11 Å². The average Bonchev–Trinajstić information content (AvgIpc) is 2.17. The van der Waals surface area contributed by atoms with Crippen LogP contribution in [0.5, 0.6) is 0 Å². The number of carbonyl (C=O) groups excluding carboxylic acids is 1. The lowest BCUT2D eigenvalue weighted by Crippen LogP contribution is -2.28. The molecular weight excluding hydrogens is 272 g/mol. The van der Waals surface area contributed by atoms with Crippen molar-refractivity contribution < 1.29 is 14.7 Å². The van der Waals surface area contributed by atoms with E-state index < -0.39 is 11.9 Å². The third-order valence-electron chi connectivity index (χ3n) is 2.34. The first-order chi connectivity index (χ1) is 7.43. The Balaban J connectivity index is 2.99.